The van der Waals surface area contributed by atoms with Gasteiger partial charge in [0.15, 0.2) is 0 Å². The minimum atomic E-state index is -0.226. The zero-order valence-electron chi connectivity index (χ0n) is 12.9. The molecule has 118 valence electrons. The minimum Gasteiger partial charge on any atom is -0.492 e. The molecule has 1 N–H and O–H groups in total. The summed E-state index contributed by atoms with van der Waals surface area (Å²) in [5, 5.41) is 3.30. The van der Waals surface area contributed by atoms with Crippen molar-refractivity contribution >= 4 is 0 Å². The molecule has 1 heterocycles. The molecule has 0 spiro atoms. The Labute approximate surface area is 126 Å². The second-order valence-corrected chi connectivity index (χ2v) is 5.59. The quantitative estimate of drug-likeness (QED) is 0.835. The van der Waals surface area contributed by atoms with E-state index in [9.17, 15) is 4.39 Å². The predicted molar refractivity (Wildman–Crippen MR) is 81.1 cm³/mol. The number of hydrogen-bond donors (Lipinski definition) is 1. The predicted octanol–water partition coefficient (Wildman–Crippen LogP) is 2.03. The first kappa shape index (κ1) is 16.2. The van der Waals surface area contributed by atoms with Crippen LogP contribution in [-0.4, -0.2) is 50.4 Å². The average molecular weight is 296 g/mol. The van der Waals surface area contributed by atoms with E-state index in [4.69, 9.17) is 9.47 Å². The minimum absolute atomic E-state index is 0.226. The van der Waals surface area contributed by atoms with Crippen LogP contribution in [0.25, 0.3) is 0 Å². The van der Waals surface area contributed by atoms with E-state index in [1.807, 2.05) is 0 Å². The molecule has 5 heteroatoms. The number of morpholine rings is 1. The number of benzene rings is 1. The first-order valence-electron chi connectivity index (χ1n) is 7.60. The fourth-order valence-corrected chi connectivity index (χ4v) is 2.25. The van der Waals surface area contributed by atoms with E-state index in [1.54, 1.807) is 12.1 Å². The second-order valence-electron chi connectivity index (χ2n) is 5.59. The van der Waals surface area contributed by atoms with Crippen LogP contribution in [0, 0.1) is 5.82 Å². The van der Waals surface area contributed by atoms with Gasteiger partial charge in [0.05, 0.1) is 13.2 Å². The number of nitrogens with one attached hydrogen (secondary N) is 1. The van der Waals surface area contributed by atoms with Crippen LogP contribution in [0.4, 0.5) is 4.39 Å². The highest BCUT2D eigenvalue weighted by Crippen LogP contribution is 2.20. The Kier molecular flexibility index (Phi) is 6.42. The molecule has 2 rings (SSSR count). The Balaban J connectivity index is 1.85. The molecule has 0 unspecified atom stereocenters. The van der Waals surface area contributed by atoms with Crippen molar-refractivity contribution in [3.8, 4) is 5.75 Å². The van der Waals surface area contributed by atoms with Gasteiger partial charge in [-0.25, -0.2) is 4.39 Å². The Morgan fingerprint density at radius 3 is 2.81 bits per heavy atom. The lowest BCUT2D eigenvalue weighted by Crippen LogP contribution is -2.38. The van der Waals surface area contributed by atoms with Crippen molar-refractivity contribution in [3.05, 3.63) is 29.6 Å². The summed E-state index contributed by atoms with van der Waals surface area (Å²) in [6.45, 7) is 9.72. The Morgan fingerprint density at radius 1 is 1.33 bits per heavy atom. The highest BCUT2D eigenvalue weighted by atomic mass is 19.1. The summed E-state index contributed by atoms with van der Waals surface area (Å²) in [5.74, 6) is 0.536. The number of halogens is 1. The zero-order valence-corrected chi connectivity index (χ0v) is 12.9. The third-order valence-corrected chi connectivity index (χ3v) is 3.49. The van der Waals surface area contributed by atoms with Gasteiger partial charge >= 0.3 is 0 Å². The highest BCUT2D eigenvalue weighted by molar-refractivity contribution is 5.34. The maximum Gasteiger partial charge on any atom is 0.124 e. The molecule has 0 bridgehead atoms. The summed E-state index contributed by atoms with van der Waals surface area (Å²) >= 11 is 0. The molecule has 1 aliphatic rings. The van der Waals surface area contributed by atoms with Crippen LogP contribution in [0.1, 0.15) is 19.4 Å². The summed E-state index contributed by atoms with van der Waals surface area (Å²) < 4.78 is 24.5. The Morgan fingerprint density at radius 2 is 2.10 bits per heavy atom. The molecular weight excluding hydrogens is 271 g/mol. The van der Waals surface area contributed by atoms with E-state index in [0.717, 1.165) is 44.2 Å². The number of ether oxygens (including phenoxy) is 2. The van der Waals surface area contributed by atoms with E-state index < -0.39 is 0 Å². The molecule has 0 saturated carbocycles. The summed E-state index contributed by atoms with van der Waals surface area (Å²) in [4.78, 5) is 2.32. The zero-order chi connectivity index (χ0) is 15.1. The van der Waals surface area contributed by atoms with Crippen molar-refractivity contribution in [2.75, 3.05) is 39.5 Å². The number of nitrogens with zero attached hydrogens (tertiary/aromatic N) is 1. The Hall–Kier alpha value is -1.17. The molecule has 1 aromatic carbocycles. The van der Waals surface area contributed by atoms with Crippen molar-refractivity contribution in [1.29, 1.82) is 0 Å². The third kappa shape index (κ3) is 5.61. The van der Waals surface area contributed by atoms with Crippen molar-refractivity contribution < 1.29 is 13.9 Å². The van der Waals surface area contributed by atoms with Gasteiger partial charge in [-0.05, 0) is 18.2 Å². The molecule has 1 fully saturated rings. The summed E-state index contributed by atoms with van der Waals surface area (Å²) in [7, 11) is 0. The third-order valence-electron chi connectivity index (χ3n) is 3.49. The monoisotopic (exact) mass is 296 g/mol. The lowest BCUT2D eigenvalue weighted by molar-refractivity contribution is 0.0322. The lowest BCUT2D eigenvalue weighted by atomic mass is 10.2. The maximum atomic E-state index is 13.4. The molecule has 21 heavy (non-hydrogen) atoms. The average Bonchev–Trinajstić information content (AvgIpc) is 2.48. The van der Waals surface area contributed by atoms with Crippen LogP contribution < -0.4 is 10.1 Å². The number of hydrogen-bond acceptors (Lipinski definition) is 4. The SMILES string of the molecule is CC(C)NCc1cc(F)ccc1OCCN1CCOCC1. The van der Waals surface area contributed by atoms with E-state index in [1.165, 1.54) is 6.07 Å². The van der Waals surface area contributed by atoms with E-state index in [2.05, 4.69) is 24.1 Å². The molecule has 0 atom stereocenters. The van der Waals surface area contributed by atoms with E-state index >= 15 is 0 Å². The van der Waals surface area contributed by atoms with Gasteiger partial charge in [-0.2, -0.15) is 0 Å². The molecular formula is C16H25FN2O2. The first-order chi connectivity index (χ1) is 10.1. The van der Waals surface area contributed by atoms with Crippen LogP contribution in [0.5, 0.6) is 5.75 Å². The molecule has 4 nitrogen and oxygen atoms in total. The van der Waals surface area contributed by atoms with Gasteiger partial charge in [0.2, 0.25) is 0 Å². The lowest BCUT2D eigenvalue weighted by Gasteiger charge is -2.26. The maximum absolute atomic E-state index is 13.4. The highest BCUT2D eigenvalue weighted by Gasteiger charge is 2.11. The molecule has 0 radical (unpaired) electrons. The van der Waals surface area contributed by atoms with Crippen molar-refractivity contribution in [1.82, 2.24) is 10.2 Å². The summed E-state index contributed by atoms with van der Waals surface area (Å²) in [5.41, 5.74) is 0.866. The van der Waals surface area contributed by atoms with Crippen LogP contribution in [0.2, 0.25) is 0 Å². The molecule has 1 aliphatic heterocycles. The summed E-state index contributed by atoms with van der Waals surface area (Å²) in [6, 6.07) is 5.06. The molecule has 1 saturated heterocycles. The smallest absolute Gasteiger partial charge is 0.124 e. The molecule has 0 amide bonds. The van der Waals surface area contributed by atoms with Crippen LogP contribution in [-0.2, 0) is 11.3 Å². The second kappa shape index (κ2) is 8.32. The van der Waals surface area contributed by atoms with Crippen molar-refractivity contribution in [2.45, 2.75) is 26.4 Å². The molecule has 0 aromatic heterocycles. The van der Waals surface area contributed by atoms with Gasteiger partial charge in [-0.15, -0.1) is 0 Å². The fourth-order valence-electron chi connectivity index (χ4n) is 2.25. The van der Waals surface area contributed by atoms with Crippen LogP contribution in [0.15, 0.2) is 18.2 Å². The van der Waals surface area contributed by atoms with Gasteiger partial charge < -0.3 is 14.8 Å². The van der Waals surface area contributed by atoms with E-state index in [0.29, 0.717) is 19.2 Å². The molecule has 1 aromatic rings. The van der Waals surface area contributed by atoms with Gasteiger partial charge in [0.1, 0.15) is 18.2 Å². The molecule has 0 aliphatic carbocycles. The topological polar surface area (TPSA) is 33.7 Å². The standard InChI is InChI=1S/C16H25FN2O2/c1-13(2)18-12-14-11-15(17)3-4-16(14)21-10-7-19-5-8-20-9-6-19/h3-4,11,13,18H,5-10,12H2,1-2H3. The fraction of sp³-hybridized carbons (Fsp3) is 0.625. The van der Waals surface area contributed by atoms with Crippen LogP contribution >= 0.6 is 0 Å². The van der Waals surface area contributed by atoms with E-state index in [-0.39, 0.29) is 5.82 Å². The van der Waals surface area contributed by atoms with Crippen LogP contribution in [0.3, 0.4) is 0 Å². The summed E-state index contributed by atoms with van der Waals surface area (Å²) in [6.07, 6.45) is 0. The van der Waals surface area contributed by atoms with Crippen molar-refractivity contribution in [3.63, 3.8) is 0 Å². The largest absolute Gasteiger partial charge is 0.492 e. The number of rotatable bonds is 7. The van der Waals surface area contributed by atoms with Gasteiger partial charge in [-0.3, -0.25) is 4.90 Å². The first-order valence-corrected chi connectivity index (χ1v) is 7.60. The Bertz CT molecular complexity index is 434. The normalized spacial score (nSPS) is 16.4. The van der Waals surface area contributed by atoms with Crippen molar-refractivity contribution in [2.24, 2.45) is 0 Å². The van der Waals surface area contributed by atoms with Gasteiger partial charge in [0.25, 0.3) is 0 Å². The van der Waals surface area contributed by atoms with Gasteiger partial charge in [-0.1, -0.05) is 13.8 Å². The van der Waals surface area contributed by atoms with Gasteiger partial charge in [0, 0.05) is 37.8 Å².